The Morgan fingerprint density at radius 2 is 2.42 bits per heavy atom. The Kier molecular flexibility index (Phi) is 5.30. The Morgan fingerprint density at radius 1 is 1.63 bits per heavy atom. The van der Waals surface area contributed by atoms with Gasteiger partial charge in [-0.2, -0.15) is 0 Å². The molecule has 0 unspecified atom stereocenters. The molecule has 0 radical (unpaired) electrons. The number of carbonyl (C=O) groups excluding carboxylic acids is 1. The first-order valence-electron chi connectivity index (χ1n) is 6.76. The third-order valence-corrected chi connectivity index (χ3v) is 4.28. The van der Waals surface area contributed by atoms with Crippen molar-refractivity contribution >= 4 is 22.4 Å². The fourth-order valence-corrected chi connectivity index (χ4v) is 2.88. The summed E-state index contributed by atoms with van der Waals surface area (Å²) in [5.41, 5.74) is 0.927. The Hall–Kier alpha value is -0.980. The number of nitrogens with zero attached hydrogens (tertiary/aromatic N) is 2. The van der Waals surface area contributed by atoms with E-state index in [1.165, 1.54) is 17.8 Å². The summed E-state index contributed by atoms with van der Waals surface area (Å²) in [6, 6.07) is 0.510. The first kappa shape index (κ1) is 14.4. The van der Waals surface area contributed by atoms with Crippen LogP contribution in [0.15, 0.2) is 5.38 Å². The van der Waals surface area contributed by atoms with E-state index in [-0.39, 0.29) is 12.5 Å². The highest BCUT2D eigenvalue weighted by molar-refractivity contribution is 7.13. The molecule has 0 bridgehead atoms. The van der Waals surface area contributed by atoms with Crippen LogP contribution in [0.4, 0.5) is 5.13 Å². The summed E-state index contributed by atoms with van der Waals surface area (Å²) in [4.78, 5) is 18.4. The molecule has 0 spiro atoms. The van der Waals surface area contributed by atoms with Crippen LogP contribution in [0.1, 0.15) is 31.4 Å². The minimum absolute atomic E-state index is 0.0146. The number of anilines is 1. The van der Waals surface area contributed by atoms with Gasteiger partial charge in [-0.15, -0.1) is 11.3 Å². The van der Waals surface area contributed by atoms with Crippen molar-refractivity contribution < 1.29 is 9.90 Å². The van der Waals surface area contributed by atoms with Gasteiger partial charge in [0.05, 0.1) is 12.2 Å². The van der Waals surface area contributed by atoms with Crippen LogP contribution >= 0.6 is 11.3 Å². The molecule has 0 aliphatic heterocycles. The van der Waals surface area contributed by atoms with Crippen LogP contribution in [-0.4, -0.2) is 46.6 Å². The number of amides is 1. The van der Waals surface area contributed by atoms with E-state index in [4.69, 9.17) is 5.11 Å². The van der Waals surface area contributed by atoms with Crippen LogP contribution in [0.25, 0.3) is 0 Å². The van der Waals surface area contributed by atoms with Gasteiger partial charge in [-0.3, -0.25) is 9.69 Å². The summed E-state index contributed by atoms with van der Waals surface area (Å²) in [5.74, 6) is -0.0146. The van der Waals surface area contributed by atoms with Gasteiger partial charge in [0.15, 0.2) is 5.13 Å². The Labute approximate surface area is 117 Å². The minimum Gasteiger partial charge on any atom is -0.396 e. The number of hydrogen-bond acceptors (Lipinski definition) is 5. The lowest BCUT2D eigenvalue weighted by Gasteiger charge is -2.37. The molecule has 2 rings (SSSR count). The molecular weight excluding hydrogens is 262 g/mol. The van der Waals surface area contributed by atoms with E-state index in [0.717, 1.165) is 31.5 Å². The second-order valence-corrected chi connectivity index (χ2v) is 5.83. The summed E-state index contributed by atoms with van der Waals surface area (Å²) >= 11 is 1.45. The maximum Gasteiger partial charge on any atom is 0.240 e. The molecule has 1 fully saturated rings. The molecule has 1 aliphatic rings. The van der Waals surface area contributed by atoms with Crippen LogP contribution < -0.4 is 5.32 Å². The molecule has 1 saturated carbocycles. The lowest BCUT2D eigenvalue weighted by molar-refractivity contribution is -0.118. The monoisotopic (exact) mass is 283 g/mol. The second kappa shape index (κ2) is 6.98. The van der Waals surface area contributed by atoms with Crippen molar-refractivity contribution in [1.29, 1.82) is 0 Å². The molecule has 0 atom stereocenters. The minimum atomic E-state index is -0.0146. The van der Waals surface area contributed by atoms with E-state index in [1.807, 2.05) is 12.3 Å². The highest BCUT2D eigenvalue weighted by Crippen LogP contribution is 2.24. The van der Waals surface area contributed by atoms with Gasteiger partial charge in [-0.25, -0.2) is 4.98 Å². The first-order chi connectivity index (χ1) is 9.19. The lowest BCUT2D eigenvalue weighted by Crippen LogP contribution is -2.45. The number of hydrogen-bond donors (Lipinski definition) is 2. The average Bonchev–Trinajstić information content (AvgIpc) is 2.69. The normalized spacial score (nSPS) is 15.5. The predicted molar refractivity (Wildman–Crippen MR) is 76.4 cm³/mol. The zero-order valence-corrected chi connectivity index (χ0v) is 12.1. The van der Waals surface area contributed by atoms with Gasteiger partial charge in [0.25, 0.3) is 0 Å². The average molecular weight is 283 g/mol. The Balaban J connectivity index is 1.83. The largest absolute Gasteiger partial charge is 0.396 e. The van der Waals surface area contributed by atoms with Gasteiger partial charge in [-0.1, -0.05) is 6.42 Å². The Bertz CT molecular complexity index is 418. The van der Waals surface area contributed by atoms with E-state index in [1.54, 1.807) is 0 Å². The third kappa shape index (κ3) is 4.26. The fraction of sp³-hybridized carbons (Fsp3) is 0.692. The molecule has 1 aromatic rings. The van der Waals surface area contributed by atoms with Crippen molar-refractivity contribution in [3.63, 3.8) is 0 Å². The molecule has 1 amide bonds. The summed E-state index contributed by atoms with van der Waals surface area (Å²) in [6.07, 6.45) is 4.29. The van der Waals surface area contributed by atoms with Gasteiger partial charge in [0, 0.05) is 24.6 Å². The second-order valence-electron chi connectivity index (χ2n) is 4.97. The van der Waals surface area contributed by atoms with Crippen molar-refractivity contribution in [3.8, 4) is 0 Å². The highest BCUT2D eigenvalue weighted by atomic mass is 32.1. The first-order valence-corrected chi connectivity index (χ1v) is 7.64. The van der Waals surface area contributed by atoms with Crippen molar-refractivity contribution in [2.45, 2.75) is 38.6 Å². The quantitative estimate of drug-likeness (QED) is 0.798. The maximum atomic E-state index is 12.0. The number of thiazole rings is 1. The third-order valence-electron chi connectivity index (χ3n) is 3.41. The number of carbonyl (C=O) groups is 1. The summed E-state index contributed by atoms with van der Waals surface area (Å²) in [6.45, 7) is 3.26. The van der Waals surface area contributed by atoms with Gasteiger partial charge in [0.2, 0.25) is 5.91 Å². The smallest absolute Gasteiger partial charge is 0.240 e. The summed E-state index contributed by atoms with van der Waals surface area (Å²) in [7, 11) is 0. The molecule has 2 N–H and O–H groups in total. The van der Waals surface area contributed by atoms with E-state index < -0.39 is 0 Å². The van der Waals surface area contributed by atoms with Crippen LogP contribution in [0.5, 0.6) is 0 Å². The van der Waals surface area contributed by atoms with Gasteiger partial charge in [-0.05, 0) is 26.2 Å². The van der Waals surface area contributed by atoms with Crippen molar-refractivity contribution in [3.05, 3.63) is 11.1 Å². The van der Waals surface area contributed by atoms with Gasteiger partial charge in [0.1, 0.15) is 0 Å². The lowest BCUT2D eigenvalue weighted by atomic mass is 9.91. The number of rotatable bonds is 7. The molecule has 6 heteroatoms. The summed E-state index contributed by atoms with van der Waals surface area (Å²) in [5, 5.41) is 14.3. The molecule has 1 heterocycles. The summed E-state index contributed by atoms with van der Waals surface area (Å²) < 4.78 is 0. The van der Waals surface area contributed by atoms with Crippen LogP contribution in [-0.2, 0) is 4.79 Å². The SMILES string of the molecule is Cc1csc(NC(=O)CN(CCCO)C2CCC2)n1. The van der Waals surface area contributed by atoms with E-state index in [0.29, 0.717) is 17.7 Å². The molecule has 19 heavy (non-hydrogen) atoms. The highest BCUT2D eigenvalue weighted by Gasteiger charge is 2.26. The zero-order valence-electron chi connectivity index (χ0n) is 11.3. The van der Waals surface area contributed by atoms with E-state index in [2.05, 4.69) is 15.2 Å². The standard InChI is InChI=1S/C13H21N3O2S/c1-10-9-19-13(14-10)15-12(18)8-16(6-3-7-17)11-4-2-5-11/h9,11,17H,2-8H2,1H3,(H,14,15,18). The van der Waals surface area contributed by atoms with Crippen molar-refractivity contribution in [1.82, 2.24) is 9.88 Å². The number of aryl methyl sites for hydroxylation is 1. The van der Waals surface area contributed by atoms with Crippen LogP contribution in [0.2, 0.25) is 0 Å². The van der Waals surface area contributed by atoms with Crippen molar-refractivity contribution in [2.75, 3.05) is 25.0 Å². The van der Waals surface area contributed by atoms with E-state index >= 15 is 0 Å². The number of aliphatic hydroxyl groups excluding tert-OH is 1. The number of nitrogens with one attached hydrogen (secondary N) is 1. The zero-order chi connectivity index (χ0) is 13.7. The van der Waals surface area contributed by atoms with Gasteiger partial charge >= 0.3 is 0 Å². The molecule has 5 nitrogen and oxygen atoms in total. The fourth-order valence-electron chi connectivity index (χ4n) is 2.17. The van der Waals surface area contributed by atoms with Crippen LogP contribution in [0, 0.1) is 6.92 Å². The topological polar surface area (TPSA) is 65.5 Å². The molecule has 0 saturated heterocycles. The molecule has 1 aromatic heterocycles. The van der Waals surface area contributed by atoms with E-state index in [9.17, 15) is 4.79 Å². The van der Waals surface area contributed by atoms with Crippen LogP contribution in [0.3, 0.4) is 0 Å². The number of aromatic nitrogens is 1. The molecule has 0 aromatic carbocycles. The van der Waals surface area contributed by atoms with Crippen molar-refractivity contribution in [2.24, 2.45) is 0 Å². The maximum absolute atomic E-state index is 12.0. The molecular formula is C13H21N3O2S. The molecule has 1 aliphatic carbocycles. The predicted octanol–water partition coefficient (Wildman–Crippen LogP) is 1.63. The Morgan fingerprint density at radius 3 is 2.95 bits per heavy atom. The van der Waals surface area contributed by atoms with Gasteiger partial charge < -0.3 is 10.4 Å². The number of aliphatic hydroxyl groups is 1. The molecule has 106 valence electrons.